The van der Waals surface area contributed by atoms with E-state index in [4.69, 9.17) is 4.74 Å². The Morgan fingerprint density at radius 1 is 1.30 bits per heavy atom. The molecule has 0 aromatic carbocycles. The zero-order chi connectivity index (χ0) is 14.6. The first-order chi connectivity index (χ1) is 9.55. The molecule has 1 fully saturated rings. The molecule has 0 spiro atoms. The first-order valence-electron chi connectivity index (χ1n) is 8.09. The number of hydrogen-bond acceptors (Lipinski definition) is 1. The van der Waals surface area contributed by atoms with Crippen molar-refractivity contribution in [3.63, 3.8) is 0 Å². The van der Waals surface area contributed by atoms with Gasteiger partial charge in [-0.1, -0.05) is 35.5 Å². The molecule has 1 saturated carbocycles. The van der Waals surface area contributed by atoms with E-state index in [1.54, 1.807) is 0 Å². The van der Waals surface area contributed by atoms with E-state index in [0.29, 0.717) is 5.92 Å². The van der Waals surface area contributed by atoms with Crippen LogP contribution in [0.3, 0.4) is 0 Å². The number of rotatable bonds is 6. The van der Waals surface area contributed by atoms with Gasteiger partial charge in [0.15, 0.2) is 0 Å². The maximum atomic E-state index is 5.90. The lowest BCUT2D eigenvalue weighted by Gasteiger charge is -2.47. The van der Waals surface area contributed by atoms with E-state index in [0.717, 1.165) is 5.92 Å². The number of methoxy groups -OCH3 is 1. The number of ether oxygens (including phenoxy) is 1. The summed E-state index contributed by atoms with van der Waals surface area (Å²) in [7, 11) is 1.88. The Bertz CT molecular complexity index is 411. The van der Waals surface area contributed by atoms with E-state index in [-0.39, 0.29) is 5.60 Å². The predicted octanol–water partition coefficient (Wildman–Crippen LogP) is 5.44. The van der Waals surface area contributed by atoms with E-state index in [9.17, 15) is 0 Å². The summed E-state index contributed by atoms with van der Waals surface area (Å²) in [6.45, 7) is 6.62. The minimum atomic E-state index is 0.0332. The van der Waals surface area contributed by atoms with E-state index < -0.39 is 0 Å². The second-order valence-corrected chi connectivity index (χ2v) is 6.86. The van der Waals surface area contributed by atoms with Crippen molar-refractivity contribution in [2.45, 2.75) is 64.9 Å². The molecule has 1 nitrogen and oxygen atoms in total. The Kier molecular flexibility index (Phi) is 5.26. The molecule has 3 aliphatic carbocycles. The molecule has 0 aromatic rings. The van der Waals surface area contributed by atoms with Gasteiger partial charge < -0.3 is 4.74 Å². The molecule has 3 atom stereocenters. The second-order valence-electron chi connectivity index (χ2n) is 6.86. The van der Waals surface area contributed by atoms with Crippen LogP contribution in [0.1, 0.15) is 59.3 Å². The Hall–Kier alpha value is -0.820. The largest absolute Gasteiger partial charge is 0.374 e. The predicted molar refractivity (Wildman–Crippen MR) is 86.8 cm³/mol. The van der Waals surface area contributed by atoms with E-state index in [2.05, 4.69) is 45.1 Å². The van der Waals surface area contributed by atoms with Crippen molar-refractivity contribution < 1.29 is 4.74 Å². The van der Waals surface area contributed by atoms with Gasteiger partial charge >= 0.3 is 0 Å². The van der Waals surface area contributed by atoms with Gasteiger partial charge in [0, 0.05) is 7.11 Å². The molecule has 0 radical (unpaired) electrons. The molecule has 3 rings (SSSR count). The molecule has 20 heavy (non-hydrogen) atoms. The Balaban J connectivity index is 1.90. The van der Waals surface area contributed by atoms with Gasteiger partial charge in [-0.15, -0.1) is 0 Å². The smallest absolute Gasteiger partial charge is 0.0890 e. The average molecular weight is 274 g/mol. The summed E-state index contributed by atoms with van der Waals surface area (Å²) < 4.78 is 5.90. The SMILES string of the molecule is CO[C@]12C=C[C@H](CC1)CC2C/C=C(\C)CCC=C(C)C. The first kappa shape index (κ1) is 15.6. The highest BCUT2D eigenvalue weighted by molar-refractivity contribution is 5.18. The summed E-state index contributed by atoms with van der Waals surface area (Å²) in [6.07, 6.45) is 16.9. The minimum absolute atomic E-state index is 0.0332. The van der Waals surface area contributed by atoms with Crippen LogP contribution in [0.4, 0.5) is 0 Å². The molecule has 112 valence electrons. The van der Waals surface area contributed by atoms with Gasteiger partial charge in [0.05, 0.1) is 5.60 Å². The molecular formula is C19H30O. The maximum Gasteiger partial charge on any atom is 0.0890 e. The van der Waals surface area contributed by atoms with Gasteiger partial charge in [0.2, 0.25) is 0 Å². The third kappa shape index (κ3) is 3.63. The summed E-state index contributed by atoms with van der Waals surface area (Å²) in [6, 6.07) is 0. The lowest BCUT2D eigenvalue weighted by molar-refractivity contribution is -0.0602. The van der Waals surface area contributed by atoms with Crippen molar-refractivity contribution in [1.29, 1.82) is 0 Å². The normalized spacial score (nSPS) is 32.5. The summed E-state index contributed by atoms with van der Waals surface area (Å²) in [5, 5.41) is 0. The molecule has 1 heteroatoms. The van der Waals surface area contributed by atoms with E-state index in [1.807, 2.05) is 7.11 Å². The highest BCUT2D eigenvalue weighted by atomic mass is 16.5. The minimum Gasteiger partial charge on any atom is -0.374 e. The molecule has 0 heterocycles. The van der Waals surface area contributed by atoms with Crippen LogP contribution in [0, 0.1) is 11.8 Å². The van der Waals surface area contributed by atoms with Crippen molar-refractivity contribution in [1.82, 2.24) is 0 Å². The molecule has 0 N–H and O–H groups in total. The van der Waals surface area contributed by atoms with Crippen LogP contribution in [0.2, 0.25) is 0 Å². The van der Waals surface area contributed by atoms with Crippen LogP contribution in [-0.4, -0.2) is 12.7 Å². The average Bonchev–Trinajstić information content (AvgIpc) is 2.46. The molecule has 0 amide bonds. The Morgan fingerprint density at radius 3 is 2.70 bits per heavy atom. The third-order valence-electron chi connectivity index (χ3n) is 5.06. The van der Waals surface area contributed by atoms with Gasteiger partial charge in [0.25, 0.3) is 0 Å². The van der Waals surface area contributed by atoms with E-state index >= 15 is 0 Å². The zero-order valence-corrected chi connectivity index (χ0v) is 13.6. The van der Waals surface area contributed by atoms with Crippen LogP contribution < -0.4 is 0 Å². The molecule has 1 unspecified atom stereocenters. The van der Waals surface area contributed by atoms with Crippen molar-refractivity contribution >= 4 is 0 Å². The topological polar surface area (TPSA) is 9.23 Å². The van der Waals surface area contributed by atoms with Crippen LogP contribution >= 0.6 is 0 Å². The van der Waals surface area contributed by atoms with E-state index in [1.165, 1.54) is 49.7 Å². The summed E-state index contributed by atoms with van der Waals surface area (Å²) in [4.78, 5) is 0. The summed E-state index contributed by atoms with van der Waals surface area (Å²) in [5.74, 6) is 1.48. The van der Waals surface area contributed by atoms with Crippen molar-refractivity contribution in [2.75, 3.05) is 7.11 Å². The fourth-order valence-corrected chi connectivity index (χ4v) is 3.66. The van der Waals surface area contributed by atoms with Crippen LogP contribution in [-0.2, 0) is 4.74 Å². The van der Waals surface area contributed by atoms with Crippen molar-refractivity contribution in [3.05, 3.63) is 35.5 Å². The second kappa shape index (κ2) is 6.76. The van der Waals surface area contributed by atoms with Crippen LogP contribution in [0.15, 0.2) is 35.5 Å². The van der Waals surface area contributed by atoms with Crippen LogP contribution in [0.25, 0.3) is 0 Å². The fraction of sp³-hybridized carbons (Fsp3) is 0.684. The fourth-order valence-electron chi connectivity index (χ4n) is 3.66. The van der Waals surface area contributed by atoms with Gasteiger partial charge in [0.1, 0.15) is 0 Å². The third-order valence-corrected chi connectivity index (χ3v) is 5.06. The quantitative estimate of drug-likeness (QED) is 0.586. The zero-order valence-electron chi connectivity index (χ0n) is 13.6. The van der Waals surface area contributed by atoms with Gasteiger partial charge in [-0.3, -0.25) is 0 Å². The Morgan fingerprint density at radius 2 is 2.10 bits per heavy atom. The van der Waals surface area contributed by atoms with Crippen molar-refractivity contribution in [3.8, 4) is 0 Å². The number of hydrogen-bond donors (Lipinski definition) is 0. The van der Waals surface area contributed by atoms with Gasteiger partial charge in [-0.25, -0.2) is 0 Å². The standard InChI is InChI=1S/C19H30O/c1-15(2)6-5-7-16(3)8-9-18-14-17-10-12-19(18,20-4)13-11-17/h6,8,10,12,17-18H,5,7,9,11,13-14H2,1-4H3/b16-8+/t17-,18?,19-/m1/s1. The monoisotopic (exact) mass is 274 g/mol. The molecule has 0 saturated heterocycles. The molecule has 0 aliphatic heterocycles. The highest BCUT2D eigenvalue weighted by Gasteiger charge is 2.44. The van der Waals surface area contributed by atoms with Crippen LogP contribution in [0.5, 0.6) is 0 Å². The van der Waals surface area contributed by atoms with Gasteiger partial charge in [-0.05, 0) is 71.1 Å². The lowest BCUT2D eigenvalue weighted by Crippen LogP contribution is -2.45. The Labute approximate surface area is 124 Å². The highest BCUT2D eigenvalue weighted by Crippen LogP contribution is 2.47. The lowest BCUT2D eigenvalue weighted by atomic mass is 9.65. The molecule has 0 aromatic heterocycles. The number of allylic oxidation sites excluding steroid dienone is 5. The molecular weight excluding hydrogens is 244 g/mol. The summed E-state index contributed by atoms with van der Waals surface area (Å²) >= 11 is 0. The maximum absolute atomic E-state index is 5.90. The van der Waals surface area contributed by atoms with Crippen molar-refractivity contribution in [2.24, 2.45) is 11.8 Å². The van der Waals surface area contributed by atoms with Gasteiger partial charge in [-0.2, -0.15) is 0 Å². The molecule has 3 aliphatic rings. The molecule has 2 bridgehead atoms. The summed E-state index contributed by atoms with van der Waals surface area (Å²) in [5.41, 5.74) is 2.98. The number of fused-ring (bicyclic) bond motifs is 2. The first-order valence-corrected chi connectivity index (χ1v) is 8.09.